The molecule has 1 heterocycles. The molecule has 1 aliphatic heterocycles. The topological polar surface area (TPSA) is 43.8 Å². The zero-order valence-corrected chi connectivity index (χ0v) is 11.9. The van der Waals surface area contributed by atoms with Crippen molar-refractivity contribution in [3.8, 4) is 5.75 Å². The van der Waals surface area contributed by atoms with Crippen molar-refractivity contribution >= 4 is 5.91 Å². The van der Waals surface area contributed by atoms with E-state index in [1.165, 1.54) is 6.42 Å². The lowest BCUT2D eigenvalue weighted by atomic mass is 10.1. The first-order valence-electron chi connectivity index (χ1n) is 6.74. The minimum atomic E-state index is 0.0257. The van der Waals surface area contributed by atoms with Crippen LogP contribution in [0.3, 0.4) is 0 Å². The van der Waals surface area contributed by atoms with Crippen molar-refractivity contribution in [1.82, 2.24) is 9.80 Å². The number of phenolic OH excluding ortho intramolecular Hbond substituents is 1. The fraction of sp³-hybridized carbons (Fsp3) is 0.533. The van der Waals surface area contributed by atoms with E-state index in [0.717, 1.165) is 25.1 Å². The Morgan fingerprint density at radius 2 is 2.26 bits per heavy atom. The van der Waals surface area contributed by atoms with E-state index >= 15 is 0 Å². The highest BCUT2D eigenvalue weighted by Crippen LogP contribution is 2.19. The molecule has 0 spiro atoms. The summed E-state index contributed by atoms with van der Waals surface area (Å²) < 4.78 is 0. The Kier molecular flexibility index (Phi) is 4.10. The molecule has 1 unspecified atom stereocenters. The quantitative estimate of drug-likeness (QED) is 0.904. The molecule has 0 radical (unpaired) electrons. The van der Waals surface area contributed by atoms with Gasteiger partial charge in [-0.15, -0.1) is 0 Å². The molecular formula is C15H22N2O2. The Balaban J connectivity index is 2.06. The van der Waals surface area contributed by atoms with Gasteiger partial charge in [0, 0.05) is 25.2 Å². The number of nitrogens with zero attached hydrogens (tertiary/aromatic N) is 2. The van der Waals surface area contributed by atoms with Gasteiger partial charge >= 0.3 is 0 Å². The minimum Gasteiger partial charge on any atom is -0.508 e. The third-order valence-electron chi connectivity index (χ3n) is 3.94. The van der Waals surface area contributed by atoms with Crippen LogP contribution in [0.2, 0.25) is 0 Å². The highest BCUT2D eigenvalue weighted by Gasteiger charge is 2.24. The van der Waals surface area contributed by atoms with E-state index in [2.05, 4.69) is 11.9 Å². The van der Waals surface area contributed by atoms with Gasteiger partial charge < -0.3 is 14.9 Å². The molecule has 0 aromatic heterocycles. The zero-order chi connectivity index (χ0) is 14.0. The molecule has 4 heteroatoms. The van der Waals surface area contributed by atoms with Crippen LogP contribution in [0.4, 0.5) is 0 Å². The van der Waals surface area contributed by atoms with Gasteiger partial charge in [0.15, 0.2) is 0 Å². The van der Waals surface area contributed by atoms with Crippen molar-refractivity contribution in [3.05, 3.63) is 29.3 Å². The van der Waals surface area contributed by atoms with E-state index in [9.17, 15) is 9.90 Å². The second-order valence-corrected chi connectivity index (χ2v) is 5.46. The van der Waals surface area contributed by atoms with Gasteiger partial charge in [0.1, 0.15) is 5.75 Å². The molecule has 1 aliphatic rings. The predicted octanol–water partition coefficient (Wildman–Crippen LogP) is 1.87. The van der Waals surface area contributed by atoms with Gasteiger partial charge in [-0.3, -0.25) is 4.79 Å². The first-order valence-corrected chi connectivity index (χ1v) is 6.74. The van der Waals surface area contributed by atoms with Gasteiger partial charge in [-0.1, -0.05) is 0 Å². The smallest absolute Gasteiger partial charge is 0.253 e. The van der Waals surface area contributed by atoms with Crippen LogP contribution in [0.25, 0.3) is 0 Å². The Bertz CT molecular complexity index is 473. The van der Waals surface area contributed by atoms with Crippen molar-refractivity contribution in [3.63, 3.8) is 0 Å². The number of likely N-dealkylation sites (tertiary alicyclic amines) is 1. The second kappa shape index (κ2) is 5.61. The average Bonchev–Trinajstić information content (AvgIpc) is 2.74. The highest BCUT2D eigenvalue weighted by molar-refractivity contribution is 5.95. The third kappa shape index (κ3) is 3.07. The molecule has 1 aromatic carbocycles. The maximum absolute atomic E-state index is 12.4. The Morgan fingerprint density at radius 1 is 1.53 bits per heavy atom. The Hall–Kier alpha value is -1.55. The number of rotatable bonds is 3. The fourth-order valence-electron chi connectivity index (χ4n) is 2.70. The molecule has 0 aliphatic carbocycles. The van der Waals surface area contributed by atoms with Gasteiger partial charge in [0.25, 0.3) is 5.91 Å². The summed E-state index contributed by atoms with van der Waals surface area (Å²) >= 11 is 0. The van der Waals surface area contributed by atoms with Crippen LogP contribution in [-0.4, -0.2) is 54.0 Å². The number of aryl methyl sites for hydroxylation is 1. The summed E-state index contributed by atoms with van der Waals surface area (Å²) in [5.74, 6) is 0.227. The lowest BCUT2D eigenvalue weighted by Crippen LogP contribution is -2.39. The third-order valence-corrected chi connectivity index (χ3v) is 3.94. The van der Waals surface area contributed by atoms with Gasteiger partial charge in [0.2, 0.25) is 0 Å². The van der Waals surface area contributed by atoms with Crippen LogP contribution in [0.15, 0.2) is 18.2 Å². The fourth-order valence-corrected chi connectivity index (χ4v) is 2.70. The molecular weight excluding hydrogens is 240 g/mol. The van der Waals surface area contributed by atoms with Crippen molar-refractivity contribution in [2.45, 2.75) is 25.8 Å². The summed E-state index contributed by atoms with van der Waals surface area (Å²) in [5, 5.41) is 9.39. The number of phenols is 1. The minimum absolute atomic E-state index is 0.0257. The molecule has 1 amide bonds. The molecule has 1 saturated heterocycles. The predicted molar refractivity (Wildman–Crippen MR) is 75.5 cm³/mol. The summed E-state index contributed by atoms with van der Waals surface area (Å²) in [5.41, 5.74) is 1.48. The summed E-state index contributed by atoms with van der Waals surface area (Å²) in [4.78, 5) is 16.5. The number of hydrogen-bond donors (Lipinski definition) is 1. The van der Waals surface area contributed by atoms with Crippen molar-refractivity contribution < 1.29 is 9.90 Å². The molecule has 1 N–H and O–H groups in total. The standard InChI is InChI=1S/C15H22N2O2/c1-11-9-13(18)6-7-14(11)15(19)17(3)10-12-5-4-8-16(12)2/h6-7,9,12,18H,4-5,8,10H2,1-3H3. The van der Waals surface area contributed by atoms with Crippen LogP contribution in [0.1, 0.15) is 28.8 Å². The molecule has 1 atom stereocenters. The number of carbonyl (C=O) groups excluding carboxylic acids is 1. The first-order chi connectivity index (χ1) is 8.99. The summed E-state index contributed by atoms with van der Waals surface area (Å²) in [6.45, 7) is 3.73. The van der Waals surface area contributed by atoms with E-state index in [0.29, 0.717) is 11.6 Å². The summed E-state index contributed by atoms with van der Waals surface area (Å²) in [6.07, 6.45) is 2.37. The van der Waals surface area contributed by atoms with Crippen LogP contribution in [0.5, 0.6) is 5.75 Å². The van der Waals surface area contributed by atoms with Crippen molar-refractivity contribution in [2.75, 3.05) is 27.2 Å². The molecule has 1 aromatic rings. The van der Waals surface area contributed by atoms with Gasteiger partial charge in [-0.05, 0) is 57.1 Å². The lowest BCUT2D eigenvalue weighted by molar-refractivity contribution is 0.0761. The monoisotopic (exact) mass is 262 g/mol. The molecule has 104 valence electrons. The zero-order valence-electron chi connectivity index (χ0n) is 11.9. The molecule has 19 heavy (non-hydrogen) atoms. The van der Waals surface area contributed by atoms with Crippen LogP contribution in [-0.2, 0) is 0 Å². The Morgan fingerprint density at radius 3 is 2.84 bits per heavy atom. The maximum atomic E-state index is 12.4. The van der Waals surface area contributed by atoms with Crippen LogP contribution < -0.4 is 0 Å². The van der Waals surface area contributed by atoms with Gasteiger partial charge in [-0.25, -0.2) is 0 Å². The normalized spacial score (nSPS) is 19.6. The van der Waals surface area contributed by atoms with Crippen molar-refractivity contribution in [2.24, 2.45) is 0 Å². The number of carbonyl (C=O) groups is 1. The van der Waals surface area contributed by atoms with Gasteiger partial charge in [-0.2, -0.15) is 0 Å². The van der Waals surface area contributed by atoms with Crippen molar-refractivity contribution in [1.29, 1.82) is 0 Å². The SMILES string of the molecule is Cc1cc(O)ccc1C(=O)N(C)CC1CCCN1C. The van der Waals surface area contributed by atoms with Crippen LogP contribution in [0, 0.1) is 6.92 Å². The van der Waals surface area contributed by atoms with E-state index in [4.69, 9.17) is 0 Å². The highest BCUT2D eigenvalue weighted by atomic mass is 16.3. The number of aromatic hydroxyl groups is 1. The number of likely N-dealkylation sites (N-methyl/N-ethyl adjacent to an activating group) is 2. The largest absolute Gasteiger partial charge is 0.508 e. The number of benzene rings is 1. The Labute approximate surface area is 114 Å². The molecule has 1 fully saturated rings. The van der Waals surface area contributed by atoms with E-state index in [1.54, 1.807) is 23.1 Å². The van der Waals surface area contributed by atoms with Crippen LogP contribution >= 0.6 is 0 Å². The lowest BCUT2D eigenvalue weighted by Gasteiger charge is -2.26. The van der Waals surface area contributed by atoms with E-state index < -0.39 is 0 Å². The molecule has 2 rings (SSSR count). The average molecular weight is 262 g/mol. The summed E-state index contributed by atoms with van der Waals surface area (Å²) in [6, 6.07) is 5.35. The van der Waals surface area contributed by atoms with Gasteiger partial charge in [0.05, 0.1) is 0 Å². The maximum Gasteiger partial charge on any atom is 0.253 e. The van der Waals surface area contributed by atoms with E-state index in [1.807, 2.05) is 14.0 Å². The number of hydrogen-bond acceptors (Lipinski definition) is 3. The summed E-state index contributed by atoms with van der Waals surface area (Å²) in [7, 11) is 3.96. The number of amides is 1. The van der Waals surface area contributed by atoms with E-state index in [-0.39, 0.29) is 11.7 Å². The molecule has 0 saturated carbocycles. The molecule has 0 bridgehead atoms. The second-order valence-electron chi connectivity index (χ2n) is 5.46. The molecule has 4 nitrogen and oxygen atoms in total. The first kappa shape index (κ1) is 13.9.